The fraction of sp³-hybridized carbons (Fsp3) is 0.400. The Morgan fingerprint density at radius 2 is 2.21 bits per heavy atom. The average molecular weight is 369 g/mol. The average Bonchev–Trinajstić information content (AvgIpc) is 2.81. The topological polar surface area (TPSA) is 29.9 Å². The van der Waals surface area contributed by atoms with Gasteiger partial charge in [0, 0.05) is 22.4 Å². The molecule has 1 N–H and O–H groups in total. The van der Waals surface area contributed by atoms with Gasteiger partial charge in [0.15, 0.2) is 0 Å². The van der Waals surface area contributed by atoms with Crippen LogP contribution in [0.15, 0.2) is 30.6 Å². The van der Waals surface area contributed by atoms with Crippen molar-refractivity contribution in [1.29, 1.82) is 0 Å². The zero-order valence-electron chi connectivity index (χ0n) is 11.7. The molecular weight excluding hydrogens is 349 g/mol. The van der Waals surface area contributed by atoms with E-state index in [1.54, 1.807) is 0 Å². The molecule has 0 saturated carbocycles. The Labute approximate surface area is 128 Å². The Balaban J connectivity index is 2.39. The molecule has 2 rings (SSSR count). The van der Waals surface area contributed by atoms with Crippen molar-refractivity contribution in [2.24, 2.45) is 7.05 Å². The minimum Gasteiger partial charge on any atom is -0.306 e. The molecule has 1 atom stereocenters. The van der Waals surface area contributed by atoms with Gasteiger partial charge < -0.3 is 5.32 Å². The van der Waals surface area contributed by atoms with Crippen molar-refractivity contribution in [3.63, 3.8) is 0 Å². The van der Waals surface area contributed by atoms with Gasteiger partial charge >= 0.3 is 0 Å². The third kappa shape index (κ3) is 3.36. The molecule has 0 radical (unpaired) electrons. The second-order valence-corrected chi connectivity index (χ2v) is 5.89. The second kappa shape index (κ2) is 6.52. The molecule has 1 aromatic heterocycles. The van der Waals surface area contributed by atoms with Gasteiger partial charge in [0.2, 0.25) is 0 Å². The molecule has 1 unspecified atom stereocenters. The molecule has 0 aliphatic rings. The maximum atomic E-state index is 4.30. The van der Waals surface area contributed by atoms with E-state index in [0.29, 0.717) is 0 Å². The van der Waals surface area contributed by atoms with Crippen LogP contribution in [0, 0.1) is 10.5 Å². The minimum absolute atomic E-state index is 0.223. The Morgan fingerprint density at radius 1 is 1.42 bits per heavy atom. The third-order valence-corrected chi connectivity index (χ3v) is 4.66. The molecule has 0 fully saturated rings. The molecule has 0 aliphatic heterocycles. The Hall–Kier alpha value is -0.880. The Kier molecular flexibility index (Phi) is 4.99. The number of rotatable bonds is 5. The fourth-order valence-electron chi connectivity index (χ4n) is 2.18. The molecular formula is C15H20IN3. The van der Waals surface area contributed by atoms with Crippen LogP contribution in [-0.4, -0.2) is 16.3 Å². The lowest BCUT2D eigenvalue weighted by Gasteiger charge is -2.20. The first kappa shape index (κ1) is 14.5. The number of nitrogens with one attached hydrogen (secondary N) is 1. The van der Waals surface area contributed by atoms with Gasteiger partial charge in [0.05, 0.1) is 12.2 Å². The van der Waals surface area contributed by atoms with Crippen LogP contribution in [-0.2, 0) is 7.05 Å². The zero-order valence-corrected chi connectivity index (χ0v) is 13.8. The first-order valence-electron chi connectivity index (χ1n) is 6.60. The summed E-state index contributed by atoms with van der Waals surface area (Å²) in [6.45, 7) is 5.35. The number of halogens is 1. The molecule has 2 aromatic rings. The second-order valence-electron chi connectivity index (χ2n) is 4.81. The molecule has 19 heavy (non-hydrogen) atoms. The monoisotopic (exact) mass is 369 g/mol. The summed E-state index contributed by atoms with van der Waals surface area (Å²) in [6.07, 6.45) is 5.16. The first-order chi connectivity index (χ1) is 9.13. The highest BCUT2D eigenvalue weighted by molar-refractivity contribution is 14.1. The molecule has 4 heteroatoms. The van der Waals surface area contributed by atoms with Gasteiger partial charge in [0.25, 0.3) is 0 Å². The highest BCUT2D eigenvalue weighted by Gasteiger charge is 2.18. The number of hydrogen-bond donors (Lipinski definition) is 1. The van der Waals surface area contributed by atoms with Crippen molar-refractivity contribution in [3.05, 3.63) is 50.9 Å². The van der Waals surface area contributed by atoms with E-state index < -0.39 is 0 Å². The standard InChI is InChI=1S/C15H20IN3/c1-4-8-17-15(12-9-18-19(3)10-12)13-7-5-6-11(2)14(13)16/h5-7,9-10,15,17H,4,8H2,1-3H3. The van der Waals surface area contributed by atoms with Crippen LogP contribution in [0.3, 0.4) is 0 Å². The molecule has 102 valence electrons. The molecule has 0 aliphatic carbocycles. The van der Waals surface area contributed by atoms with Gasteiger partial charge in [0.1, 0.15) is 0 Å². The molecule has 1 heterocycles. The summed E-state index contributed by atoms with van der Waals surface area (Å²) < 4.78 is 3.19. The SMILES string of the molecule is CCCNC(c1cnn(C)c1)c1cccc(C)c1I. The van der Waals surface area contributed by atoms with Crippen LogP contribution in [0.2, 0.25) is 0 Å². The van der Waals surface area contributed by atoms with Gasteiger partial charge in [-0.25, -0.2) is 0 Å². The maximum Gasteiger partial charge on any atom is 0.0618 e. The zero-order chi connectivity index (χ0) is 13.8. The summed E-state index contributed by atoms with van der Waals surface area (Å²) >= 11 is 2.44. The number of aryl methyl sites for hydroxylation is 2. The van der Waals surface area contributed by atoms with E-state index in [1.807, 2.05) is 17.9 Å². The largest absolute Gasteiger partial charge is 0.306 e. The van der Waals surface area contributed by atoms with Gasteiger partial charge in [-0.05, 0) is 53.6 Å². The van der Waals surface area contributed by atoms with Gasteiger partial charge in [-0.3, -0.25) is 4.68 Å². The van der Waals surface area contributed by atoms with Crippen molar-refractivity contribution in [3.8, 4) is 0 Å². The number of benzene rings is 1. The molecule has 0 bridgehead atoms. The van der Waals surface area contributed by atoms with E-state index in [1.165, 1.54) is 20.3 Å². The number of hydrogen-bond acceptors (Lipinski definition) is 2. The molecule has 0 amide bonds. The first-order valence-corrected chi connectivity index (χ1v) is 7.68. The van der Waals surface area contributed by atoms with E-state index in [4.69, 9.17) is 0 Å². The Bertz CT molecular complexity index is 548. The summed E-state index contributed by atoms with van der Waals surface area (Å²) in [5.41, 5.74) is 3.88. The molecule has 0 saturated heterocycles. The smallest absolute Gasteiger partial charge is 0.0618 e. The maximum absolute atomic E-state index is 4.30. The molecule has 0 spiro atoms. The lowest BCUT2D eigenvalue weighted by Crippen LogP contribution is -2.23. The summed E-state index contributed by atoms with van der Waals surface area (Å²) in [4.78, 5) is 0. The van der Waals surface area contributed by atoms with E-state index >= 15 is 0 Å². The molecule has 3 nitrogen and oxygen atoms in total. The van der Waals surface area contributed by atoms with E-state index in [2.05, 4.69) is 71.2 Å². The van der Waals surface area contributed by atoms with Crippen LogP contribution in [0.4, 0.5) is 0 Å². The van der Waals surface area contributed by atoms with Crippen molar-refractivity contribution >= 4 is 22.6 Å². The van der Waals surface area contributed by atoms with Gasteiger partial charge in [-0.15, -0.1) is 0 Å². The highest BCUT2D eigenvalue weighted by Crippen LogP contribution is 2.27. The normalized spacial score (nSPS) is 12.6. The predicted molar refractivity (Wildman–Crippen MR) is 87.2 cm³/mol. The van der Waals surface area contributed by atoms with Crippen LogP contribution in [0.1, 0.15) is 36.1 Å². The van der Waals surface area contributed by atoms with Gasteiger partial charge in [-0.1, -0.05) is 25.1 Å². The van der Waals surface area contributed by atoms with Crippen LogP contribution in [0.25, 0.3) is 0 Å². The molecule has 1 aromatic carbocycles. The van der Waals surface area contributed by atoms with Crippen LogP contribution in [0.5, 0.6) is 0 Å². The van der Waals surface area contributed by atoms with Crippen molar-refractivity contribution in [2.45, 2.75) is 26.3 Å². The highest BCUT2D eigenvalue weighted by atomic mass is 127. The summed E-state index contributed by atoms with van der Waals surface area (Å²) in [5, 5.41) is 7.92. The Morgan fingerprint density at radius 3 is 2.84 bits per heavy atom. The fourth-order valence-corrected chi connectivity index (χ4v) is 2.85. The van der Waals surface area contributed by atoms with Crippen molar-refractivity contribution in [1.82, 2.24) is 15.1 Å². The number of nitrogens with zero attached hydrogens (tertiary/aromatic N) is 2. The number of aromatic nitrogens is 2. The van der Waals surface area contributed by atoms with E-state index in [9.17, 15) is 0 Å². The summed E-state index contributed by atoms with van der Waals surface area (Å²) in [5.74, 6) is 0. The van der Waals surface area contributed by atoms with Crippen molar-refractivity contribution in [2.75, 3.05) is 6.54 Å². The summed E-state index contributed by atoms with van der Waals surface area (Å²) in [6, 6.07) is 6.71. The van der Waals surface area contributed by atoms with Crippen LogP contribution >= 0.6 is 22.6 Å². The summed E-state index contributed by atoms with van der Waals surface area (Å²) in [7, 11) is 1.96. The quantitative estimate of drug-likeness (QED) is 0.819. The lowest BCUT2D eigenvalue weighted by atomic mass is 9.99. The minimum atomic E-state index is 0.223. The third-order valence-electron chi connectivity index (χ3n) is 3.19. The lowest BCUT2D eigenvalue weighted by molar-refractivity contribution is 0.595. The van der Waals surface area contributed by atoms with E-state index in [-0.39, 0.29) is 6.04 Å². The predicted octanol–water partition coefficient (Wildman–Crippen LogP) is 3.42. The van der Waals surface area contributed by atoms with Crippen molar-refractivity contribution < 1.29 is 0 Å². The van der Waals surface area contributed by atoms with Crippen LogP contribution < -0.4 is 5.32 Å². The van der Waals surface area contributed by atoms with E-state index in [0.717, 1.165) is 13.0 Å². The van der Waals surface area contributed by atoms with Gasteiger partial charge in [-0.2, -0.15) is 5.10 Å².